The minimum atomic E-state index is 0.218. The molecule has 0 saturated heterocycles. The predicted octanol–water partition coefficient (Wildman–Crippen LogP) is 4.22. The number of unbranched alkanes of at least 4 members (excludes halogenated alkanes) is 1. The van der Waals surface area contributed by atoms with Crippen LogP contribution in [-0.4, -0.2) is 12.9 Å². The molecular formula is C16H18O2. The summed E-state index contributed by atoms with van der Waals surface area (Å²) in [5, 5.41) is 1.99. The SMILES string of the molecule is CCCCC(=O)c1ccc(OC)c2ccccc12. The van der Waals surface area contributed by atoms with Gasteiger partial charge in [-0.3, -0.25) is 4.79 Å². The second-order valence-corrected chi connectivity index (χ2v) is 4.39. The van der Waals surface area contributed by atoms with E-state index in [1.165, 1.54) is 0 Å². The molecule has 0 atom stereocenters. The molecule has 0 aliphatic heterocycles. The lowest BCUT2D eigenvalue weighted by atomic mass is 9.98. The molecule has 2 rings (SSSR count). The molecule has 0 amide bonds. The Hall–Kier alpha value is -1.83. The molecule has 0 unspecified atom stereocenters. The average molecular weight is 242 g/mol. The maximum atomic E-state index is 12.2. The molecular weight excluding hydrogens is 224 g/mol. The van der Waals surface area contributed by atoms with Gasteiger partial charge in [0, 0.05) is 17.4 Å². The van der Waals surface area contributed by atoms with Gasteiger partial charge in [0.2, 0.25) is 0 Å². The van der Waals surface area contributed by atoms with Crippen LogP contribution in [0.2, 0.25) is 0 Å². The highest BCUT2D eigenvalue weighted by molar-refractivity contribution is 6.09. The van der Waals surface area contributed by atoms with E-state index in [9.17, 15) is 4.79 Å². The lowest BCUT2D eigenvalue weighted by Crippen LogP contribution is -2.00. The van der Waals surface area contributed by atoms with Gasteiger partial charge in [-0.25, -0.2) is 0 Å². The Morgan fingerprint density at radius 2 is 1.83 bits per heavy atom. The first-order valence-corrected chi connectivity index (χ1v) is 6.37. The van der Waals surface area contributed by atoms with E-state index in [1.54, 1.807) is 7.11 Å². The minimum absolute atomic E-state index is 0.218. The maximum absolute atomic E-state index is 12.2. The molecule has 0 saturated carbocycles. The Balaban J connectivity index is 2.49. The molecule has 0 heterocycles. The van der Waals surface area contributed by atoms with E-state index in [-0.39, 0.29) is 5.78 Å². The van der Waals surface area contributed by atoms with E-state index in [0.717, 1.165) is 34.9 Å². The van der Waals surface area contributed by atoms with E-state index in [2.05, 4.69) is 6.92 Å². The van der Waals surface area contributed by atoms with Gasteiger partial charge in [0.25, 0.3) is 0 Å². The van der Waals surface area contributed by atoms with Crippen molar-refractivity contribution >= 4 is 16.6 Å². The number of carbonyl (C=O) groups excluding carboxylic acids is 1. The van der Waals surface area contributed by atoms with E-state index >= 15 is 0 Å². The summed E-state index contributed by atoms with van der Waals surface area (Å²) in [6.07, 6.45) is 2.60. The Morgan fingerprint density at radius 3 is 2.50 bits per heavy atom. The van der Waals surface area contributed by atoms with Gasteiger partial charge in [-0.2, -0.15) is 0 Å². The molecule has 0 N–H and O–H groups in total. The minimum Gasteiger partial charge on any atom is -0.496 e. The van der Waals surface area contributed by atoms with Crippen molar-refractivity contribution in [1.82, 2.24) is 0 Å². The molecule has 0 bridgehead atoms. The van der Waals surface area contributed by atoms with Gasteiger partial charge in [0.1, 0.15) is 5.75 Å². The lowest BCUT2D eigenvalue weighted by molar-refractivity contribution is 0.0981. The molecule has 2 heteroatoms. The first kappa shape index (κ1) is 12.6. The topological polar surface area (TPSA) is 26.3 Å². The summed E-state index contributed by atoms with van der Waals surface area (Å²) in [4.78, 5) is 12.2. The van der Waals surface area contributed by atoms with Crippen LogP contribution in [0.4, 0.5) is 0 Å². The van der Waals surface area contributed by atoms with Crippen LogP contribution in [0.5, 0.6) is 5.75 Å². The second kappa shape index (κ2) is 5.67. The third-order valence-electron chi connectivity index (χ3n) is 3.16. The molecule has 2 aromatic rings. The predicted molar refractivity (Wildman–Crippen MR) is 74.4 cm³/mol. The van der Waals surface area contributed by atoms with Crippen molar-refractivity contribution in [2.75, 3.05) is 7.11 Å². The molecule has 0 aliphatic carbocycles. The number of hydrogen-bond donors (Lipinski definition) is 0. The first-order chi connectivity index (χ1) is 8.77. The summed E-state index contributed by atoms with van der Waals surface area (Å²) in [5.41, 5.74) is 0.805. The quantitative estimate of drug-likeness (QED) is 0.734. The molecule has 0 aromatic heterocycles. The highest BCUT2D eigenvalue weighted by Crippen LogP contribution is 2.29. The molecule has 0 aliphatic rings. The number of rotatable bonds is 5. The Morgan fingerprint density at radius 1 is 1.11 bits per heavy atom. The van der Waals surface area contributed by atoms with E-state index in [0.29, 0.717) is 6.42 Å². The van der Waals surface area contributed by atoms with Crippen molar-refractivity contribution in [3.63, 3.8) is 0 Å². The van der Waals surface area contributed by atoms with Gasteiger partial charge < -0.3 is 4.74 Å². The third kappa shape index (κ3) is 2.37. The first-order valence-electron chi connectivity index (χ1n) is 6.37. The zero-order chi connectivity index (χ0) is 13.0. The maximum Gasteiger partial charge on any atom is 0.163 e. The number of ketones is 1. The fraction of sp³-hybridized carbons (Fsp3) is 0.312. The zero-order valence-electron chi connectivity index (χ0n) is 10.9. The number of ether oxygens (including phenoxy) is 1. The van der Waals surface area contributed by atoms with E-state index in [4.69, 9.17) is 4.74 Å². The summed E-state index contributed by atoms with van der Waals surface area (Å²) >= 11 is 0. The molecule has 18 heavy (non-hydrogen) atoms. The summed E-state index contributed by atoms with van der Waals surface area (Å²) in [5.74, 6) is 1.04. The number of benzene rings is 2. The molecule has 2 aromatic carbocycles. The van der Waals surface area contributed by atoms with Crippen molar-refractivity contribution in [2.24, 2.45) is 0 Å². The van der Waals surface area contributed by atoms with Gasteiger partial charge in [-0.15, -0.1) is 0 Å². The number of Topliss-reactive ketones (excluding diaryl/α,β-unsaturated/α-hetero) is 1. The Bertz CT molecular complexity index is 558. The normalized spacial score (nSPS) is 10.6. The van der Waals surface area contributed by atoms with Crippen LogP contribution in [0.3, 0.4) is 0 Å². The van der Waals surface area contributed by atoms with Gasteiger partial charge in [-0.05, 0) is 23.9 Å². The van der Waals surface area contributed by atoms with Crippen LogP contribution in [0.25, 0.3) is 10.8 Å². The second-order valence-electron chi connectivity index (χ2n) is 4.39. The number of carbonyl (C=O) groups is 1. The van der Waals surface area contributed by atoms with Crippen LogP contribution in [0, 0.1) is 0 Å². The highest BCUT2D eigenvalue weighted by atomic mass is 16.5. The summed E-state index contributed by atoms with van der Waals surface area (Å²) < 4.78 is 5.33. The lowest BCUT2D eigenvalue weighted by Gasteiger charge is -2.09. The van der Waals surface area contributed by atoms with Crippen molar-refractivity contribution in [3.05, 3.63) is 42.0 Å². The van der Waals surface area contributed by atoms with Crippen LogP contribution < -0.4 is 4.74 Å². The van der Waals surface area contributed by atoms with Crippen molar-refractivity contribution in [3.8, 4) is 5.75 Å². The number of hydrogen-bond acceptors (Lipinski definition) is 2. The van der Waals surface area contributed by atoms with Crippen LogP contribution in [-0.2, 0) is 0 Å². The average Bonchev–Trinajstić information content (AvgIpc) is 2.43. The Labute approximate surface area is 108 Å². The summed E-state index contributed by atoms with van der Waals surface area (Å²) in [6, 6.07) is 11.6. The Kier molecular flexibility index (Phi) is 3.98. The largest absolute Gasteiger partial charge is 0.496 e. The van der Waals surface area contributed by atoms with E-state index < -0.39 is 0 Å². The fourth-order valence-electron chi connectivity index (χ4n) is 2.16. The van der Waals surface area contributed by atoms with Crippen molar-refractivity contribution in [2.45, 2.75) is 26.2 Å². The van der Waals surface area contributed by atoms with Crippen LogP contribution in [0.15, 0.2) is 36.4 Å². The standard InChI is InChI=1S/C16H18O2/c1-3-4-9-15(17)13-10-11-16(18-2)14-8-6-5-7-12(13)14/h5-8,10-11H,3-4,9H2,1-2H3. The van der Waals surface area contributed by atoms with Gasteiger partial charge >= 0.3 is 0 Å². The summed E-state index contributed by atoms with van der Waals surface area (Å²) in [7, 11) is 1.65. The van der Waals surface area contributed by atoms with Gasteiger partial charge in [-0.1, -0.05) is 37.6 Å². The molecule has 0 fully saturated rings. The van der Waals surface area contributed by atoms with Crippen molar-refractivity contribution in [1.29, 1.82) is 0 Å². The monoisotopic (exact) mass is 242 g/mol. The molecule has 0 radical (unpaired) electrons. The van der Waals surface area contributed by atoms with E-state index in [1.807, 2.05) is 36.4 Å². The number of methoxy groups -OCH3 is 1. The smallest absolute Gasteiger partial charge is 0.163 e. The van der Waals surface area contributed by atoms with Gasteiger partial charge in [0.05, 0.1) is 7.11 Å². The van der Waals surface area contributed by atoms with Gasteiger partial charge in [0.15, 0.2) is 5.78 Å². The van der Waals surface area contributed by atoms with Crippen LogP contribution in [0.1, 0.15) is 36.5 Å². The zero-order valence-corrected chi connectivity index (χ0v) is 10.9. The molecule has 2 nitrogen and oxygen atoms in total. The fourth-order valence-corrected chi connectivity index (χ4v) is 2.16. The number of fused-ring (bicyclic) bond motifs is 1. The molecule has 94 valence electrons. The van der Waals surface area contributed by atoms with Crippen LogP contribution >= 0.6 is 0 Å². The third-order valence-corrected chi connectivity index (χ3v) is 3.16. The summed E-state index contributed by atoms with van der Waals surface area (Å²) in [6.45, 7) is 2.10. The van der Waals surface area contributed by atoms with Crippen molar-refractivity contribution < 1.29 is 9.53 Å². The molecule has 0 spiro atoms. The highest BCUT2D eigenvalue weighted by Gasteiger charge is 2.11.